The van der Waals surface area contributed by atoms with Crippen molar-refractivity contribution in [2.75, 3.05) is 0 Å². The lowest BCUT2D eigenvalue weighted by Crippen LogP contribution is -2.29. The number of fused-ring (bicyclic) bond motifs is 5. The van der Waals surface area contributed by atoms with Crippen LogP contribution in [0.3, 0.4) is 0 Å². The summed E-state index contributed by atoms with van der Waals surface area (Å²) in [6, 6.07) is 26.0. The van der Waals surface area contributed by atoms with Crippen LogP contribution in [0.5, 0.6) is 0 Å². The predicted octanol–water partition coefficient (Wildman–Crippen LogP) is 9.71. The maximum atomic E-state index is 9.00. The van der Waals surface area contributed by atoms with E-state index in [0.29, 0.717) is 27.4 Å². The maximum Gasteiger partial charge on any atom is 0.136 e. The van der Waals surface area contributed by atoms with E-state index >= 15 is 0 Å². The van der Waals surface area contributed by atoms with Gasteiger partial charge in [0.25, 0.3) is 0 Å². The van der Waals surface area contributed by atoms with Gasteiger partial charge in [0.05, 0.1) is 12.3 Å². The van der Waals surface area contributed by atoms with E-state index in [-0.39, 0.29) is 41.5 Å². The Kier molecular flexibility index (Phi) is 4.43. The van der Waals surface area contributed by atoms with Gasteiger partial charge in [0.2, 0.25) is 0 Å². The van der Waals surface area contributed by atoms with Gasteiger partial charge in [0.1, 0.15) is 11.3 Å². The van der Waals surface area contributed by atoms with Crippen molar-refractivity contribution in [2.24, 2.45) is 0 Å². The van der Waals surface area contributed by atoms with Crippen LogP contribution in [0.15, 0.2) is 150 Å². The van der Waals surface area contributed by atoms with E-state index in [0.717, 1.165) is 27.6 Å². The van der Waals surface area contributed by atoms with Crippen LogP contribution in [-0.4, -0.2) is 0 Å². The number of allylic oxidation sites excluding steroid dienone is 4. The Hall–Kier alpha value is -5.14. The summed E-state index contributed by atoms with van der Waals surface area (Å²) in [6.07, 6.45) is -0.356. The van der Waals surface area contributed by atoms with Gasteiger partial charge in [-0.25, -0.2) is 0 Å². The highest BCUT2D eigenvalue weighted by Crippen LogP contribution is 2.52. The zero-order valence-corrected chi connectivity index (χ0v) is 24.5. The third-order valence-corrected chi connectivity index (χ3v) is 8.91. The standard InChI is InChI=1S/C43H34O/c1-43(2)38-25-13-12-22-35(38)42-36(24-14-26-39(42)43)41-28-37-34(23-15-27-40(37)44-41)33-19-9-4-3-8-18-30(29-16-6-5-7-17-29)31-20-10-11-21-32(31)33/h3-17,20-28H,18-19H2,1-2H3/b8-3-,9-4-,31-30+,33-32+/i3D,4D,5D,6D,7D,8D,9D,16D,17D. The van der Waals surface area contributed by atoms with Crippen molar-refractivity contribution in [3.05, 3.63) is 178 Å². The molecule has 0 amide bonds. The van der Waals surface area contributed by atoms with Gasteiger partial charge >= 0.3 is 0 Å². The number of benzene rings is 5. The Morgan fingerprint density at radius 3 is 2.09 bits per heavy atom. The van der Waals surface area contributed by atoms with Crippen LogP contribution in [0, 0.1) is 0 Å². The molecule has 1 heteroatoms. The minimum atomic E-state index is -0.527. The zero-order valence-electron chi connectivity index (χ0n) is 33.5. The van der Waals surface area contributed by atoms with Crippen molar-refractivity contribution in [3.63, 3.8) is 0 Å². The third-order valence-electron chi connectivity index (χ3n) is 8.91. The summed E-state index contributed by atoms with van der Waals surface area (Å²) in [4.78, 5) is 0. The minimum absolute atomic E-state index is 0.0625. The van der Waals surface area contributed by atoms with Gasteiger partial charge in [-0.1, -0.05) is 147 Å². The van der Waals surface area contributed by atoms with Crippen LogP contribution >= 0.6 is 0 Å². The lowest BCUT2D eigenvalue weighted by Gasteiger charge is -2.21. The average Bonchev–Trinajstić information content (AvgIpc) is 3.71. The highest BCUT2D eigenvalue weighted by atomic mass is 16.3. The van der Waals surface area contributed by atoms with Gasteiger partial charge in [0, 0.05) is 16.4 Å². The molecule has 0 saturated heterocycles. The summed E-state index contributed by atoms with van der Waals surface area (Å²) in [7, 11) is 0. The Balaban J connectivity index is 1.46. The molecule has 5 aromatic carbocycles. The fourth-order valence-corrected chi connectivity index (χ4v) is 6.83. The SMILES string of the molecule is [2H]/C1=C([2H])/C([2H])=C(/[2H])C/C(c2cccc3oc(-c4cccc5c4-c4ccccc4C5(C)C)cc23)=c2/cccc/c2=C(\c2c([2H])c([2H])c([2H])c([2H])c2[2H])C1. The molecule has 0 saturated carbocycles. The normalized spacial score (nSPS) is 24.7. The van der Waals surface area contributed by atoms with Crippen LogP contribution in [0.1, 0.15) is 61.3 Å². The Morgan fingerprint density at radius 2 is 1.27 bits per heavy atom. The third kappa shape index (κ3) is 4.23. The summed E-state index contributed by atoms with van der Waals surface area (Å²) < 4.78 is 84.6. The van der Waals surface area contributed by atoms with Gasteiger partial charge in [-0.05, 0) is 79.9 Å². The summed E-state index contributed by atoms with van der Waals surface area (Å²) in [6.45, 7) is 4.46. The van der Waals surface area contributed by atoms with Gasteiger partial charge in [-0.15, -0.1) is 0 Å². The second kappa shape index (κ2) is 10.5. The topological polar surface area (TPSA) is 13.1 Å². The smallest absolute Gasteiger partial charge is 0.136 e. The van der Waals surface area contributed by atoms with Crippen molar-refractivity contribution in [1.29, 1.82) is 0 Å². The lowest BCUT2D eigenvalue weighted by atomic mass is 9.82. The molecule has 0 N–H and O–H groups in total. The van der Waals surface area contributed by atoms with E-state index in [4.69, 9.17) is 16.8 Å². The molecule has 212 valence electrons. The molecule has 1 heterocycles. The first-order valence-corrected chi connectivity index (χ1v) is 14.8. The molecule has 0 spiro atoms. The van der Waals surface area contributed by atoms with Crippen LogP contribution < -0.4 is 10.4 Å². The molecule has 1 aromatic heterocycles. The first kappa shape index (κ1) is 18.5. The van der Waals surface area contributed by atoms with Crippen molar-refractivity contribution in [3.8, 4) is 22.5 Å². The van der Waals surface area contributed by atoms with Gasteiger partial charge in [0.15, 0.2) is 0 Å². The van der Waals surface area contributed by atoms with Gasteiger partial charge in [-0.2, -0.15) is 0 Å². The first-order valence-electron chi connectivity index (χ1n) is 19.3. The molecular formula is C43H34O. The van der Waals surface area contributed by atoms with Crippen molar-refractivity contribution >= 4 is 22.1 Å². The van der Waals surface area contributed by atoms with Crippen LogP contribution in [-0.2, 0) is 5.41 Å². The molecule has 8 rings (SSSR count). The van der Waals surface area contributed by atoms with Crippen LogP contribution in [0.2, 0.25) is 0 Å². The molecule has 1 nitrogen and oxygen atoms in total. The molecule has 0 unspecified atom stereocenters. The molecule has 0 fully saturated rings. The summed E-state index contributed by atoms with van der Waals surface area (Å²) in [5, 5.41) is 1.92. The van der Waals surface area contributed by atoms with E-state index < -0.39 is 42.3 Å². The maximum absolute atomic E-state index is 9.00. The number of furan rings is 1. The molecule has 0 atom stereocenters. The van der Waals surface area contributed by atoms with Gasteiger partial charge in [-0.3, -0.25) is 0 Å². The summed E-state index contributed by atoms with van der Waals surface area (Å²) >= 11 is 0. The van der Waals surface area contributed by atoms with Crippen LogP contribution in [0.4, 0.5) is 0 Å². The van der Waals surface area contributed by atoms with E-state index in [1.165, 1.54) is 11.1 Å². The largest absolute Gasteiger partial charge is 0.456 e. The number of hydrogen-bond acceptors (Lipinski definition) is 1. The van der Waals surface area contributed by atoms with Crippen molar-refractivity contribution < 1.29 is 16.8 Å². The fraction of sp³-hybridized carbons (Fsp3) is 0.116. The fourth-order valence-electron chi connectivity index (χ4n) is 6.83. The highest BCUT2D eigenvalue weighted by molar-refractivity contribution is 5.97. The van der Waals surface area contributed by atoms with Crippen molar-refractivity contribution in [1.82, 2.24) is 0 Å². The average molecular weight is 576 g/mol. The number of hydrogen-bond donors (Lipinski definition) is 0. The van der Waals surface area contributed by atoms with E-state index in [1.807, 2.05) is 42.5 Å². The Morgan fingerprint density at radius 1 is 0.636 bits per heavy atom. The number of rotatable bonds is 3. The first-order chi connectivity index (χ1) is 25.3. The second-order valence-electron chi connectivity index (χ2n) is 11.7. The monoisotopic (exact) mass is 575 g/mol. The lowest BCUT2D eigenvalue weighted by molar-refractivity contribution is 0.631. The molecular weight excluding hydrogens is 532 g/mol. The molecule has 0 bridgehead atoms. The molecule has 0 radical (unpaired) electrons. The van der Waals surface area contributed by atoms with E-state index in [2.05, 4.69) is 50.2 Å². The Bertz CT molecular complexity index is 2720. The second-order valence-corrected chi connectivity index (χ2v) is 11.7. The summed E-state index contributed by atoms with van der Waals surface area (Å²) in [5.74, 6) is 0.676. The highest BCUT2D eigenvalue weighted by Gasteiger charge is 2.37. The Labute approximate surface area is 271 Å². The van der Waals surface area contributed by atoms with Gasteiger partial charge < -0.3 is 4.42 Å². The zero-order chi connectivity index (χ0) is 37.5. The van der Waals surface area contributed by atoms with Crippen molar-refractivity contribution in [2.45, 2.75) is 32.1 Å². The van der Waals surface area contributed by atoms with Crippen LogP contribution in [0.25, 0.3) is 44.6 Å². The quantitative estimate of drug-likeness (QED) is 0.205. The molecule has 44 heavy (non-hydrogen) atoms. The molecule has 6 aromatic rings. The molecule has 0 aliphatic heterocycles. The molecule has 2 aliphatic rings. The minimum Gasteiger partial charge on any atom is -0.456 e. The summed E-state index contributed by atoms with van der Waals surface area (Å²) in [5.41, 5.74) is 7.71. The van der Waals surface area contributed by atoms with E-state index in [9.17, 15) is 0 Å². The van der Waals surface area contributed by atoms with E-state index in [1.54, 1.807) is 12.1 Å². The predicted molar refractivity (Wildman–Crippen MR) is 184 cm³/mol. The molecule has 2 aliphatic carbocycles.